The smallest absolute Gasteiger partial charge is 0.0897 e. The van der Waals surface area contributed by atoms with Crippen LogP contribution in [0.3, 0.4) is 0 Å². The molecule has 1 fully saturated rings. The van der Waals surface area contributed by atoms with E-state index in [1.54, 1.807) is 0 Å². The molecule has 114 valence electrons. The summed E-state index contributed by atoms with van der Waals surface area (Å²) in [5, 5.41) is 13.2. The Bertz CT molecular complexity index is 216. The molecule has 3 unspecified atom stereocenters. The average Bonchev–Trinajstić information content (AvgIpc) is 2.45. The van der Waals surface area contributed by atoms with Crippen LogP contribution in [-0.4, -0.2) is 49.0 Å². The molecule has 1 aliphatic rings. The molecule has 0 aliphatic heterocycles. The molecule has 0 aromatic heterocycles. The van der Waals surface area contributed by atoms with Gasteiger partial charge in [-0.25, -0.2) is 0 Å². The molecule has 1 aliphatic carbocycles. The number of ether oxygens (including phenoxy) is 1. The first kappa shape index (κ1) is 17.3. The number of aliphatic hydroxyl groups is 1. The van der Waals surface area contributed by atoms with E-state index < -0.39 is 0 Å². The van der Waals surface area contributed by atoms with Crippen LogP contribution in [0.5, 0.6) is 0 Å². The fourth-order valence-electron chi connectivity index (χ4n) is 2.76. The summed E-state index contributed by atoms with van der Waals surface area (Å²) in [6, 6.07) is 0. The van der Waals surface area contributed by atoms with Crippen LogP contribution in [-0.2, 0) is 4.74 Å². The standard InChI is InChI=1S/C15H31NO2S/c1-3-13-7-4-5-8-15(13)18-12-14(17)11-16-9-6-10-19-2/h13-17H,3-12H2,1-2H3. The minimum Gasteiger partial charge on any atom is -0.389 e. The summed E-state index contributed by atoms with van der Waals surface area (Å²) < 4.78 is 5.93. The van der Waals surface area contributed by atoms with Crippen LogP contribution in [0, 0.1) is 5.92 Å². The third-order valence-electron chi connectivity index (χ3n) is 3.95. The number of hydrogen-bond donors (Lipinski definition) is 2. The van der Waals surface area contributed by atoms with Gasteiger partial charge in [-0.15, -0.1) is 0 Å². The van der Waals surface area contributed by atoms with Gasteiger partial charge >= 0.3 is 0 Å². The van der Waals surface area contributed by atoms with Gasteiger partial charge in [0.2, 0.25) is 0 Å². The molecule has 0 spiro atoms. The minimum atomic E-state index is -0.367. The van der Waals surface area contributed by atoms with E-state index in [4.69, 9.17) is 4.74 Å². The monoisotopic (exact) mass is 289 g/mol. The van der Waals surface area contributed by atoms with Gasteiger partial charge in [-0.05, 0) is 43.7 Å². The second-order valence-electron chi connectivity index (χ2n) is 5.53. The van der Waals surface area contributed by atoms with Gasteiger partial charge in [0.1, 0.15) is 0 Å². The summed E-state index contributed by atoms with van der Waals surface area (Å²) in [6.07, 6.45) is 9.59. The van der Waals surface area contributed by atoms with E-state index in [-0.39, 0.29) is 6.10 Å². The zero-order valence-corrected chi connectivity index (χ0v) is 13.4. The van der Waals surface area contributed by atoms with E-state index >= 15 is 0 Å². The molecule has 3 nitrogen and oxygen atoms in total. The van der Waals surface area contributed by atoms with Crippen molar-refractivity contribution in [1.29, 1.82) is 0 Å². The Hall–Kier alpha value is 0.230. The highest BCUT2D eigenvalue weighted by molar-refractivity contribution is 7.98. The van der Waals surface area contributed by atoms with E-state index in [2.05, 4.69) is 18.5 Å². The van der Waals surface area contributed by atoms with Gasteiger partial charge in [-0.3, -0.25) is 0 Å². The number of rotatable bonds is 10. The first-order chi connectivity index (χ1) is 9.27. The summed E-state index contributed by atoms with van der Waals surface area (Å²) in [4.78, 5) is 0. The molecule has 0 saturated heterocycles. The van der Waals surface area contributed by atoms with Crippen molar-refractivity contribution in [2.75, 3.05) is 31.7 Å². The molecule has 1 rings (SSSR count). The molecule has 3 atom stereocenters. The summed E-state index contributed by atoms with van der Waals surface area (Å²) >= 11 is 1.87. The largest absolute Gasteiger partial charge is 0.389 e. The van der Waals surface area contributed by atoms with Gasteiger partial charge in [-0.2, -0.15) is 11.8 Å². The number of aliphatic hydroxyl groups excluding tert-OH is 1. The molecule has 0 aromatic rings. The van der Waals surface area contributed by atoms with Gasteiger partial charge in [0.25, 0.3) is 0 Å². The third-order valence-corrected chi connectivity index (χ3v) is 4.65. The van der Waals surface area contributed by atoms with Crippen molar-refractivity contribution < 1.29 is 9.84 Å². The number of thioether (sulfide) groups is 1. The predicted octanol–water partition coefficient (Wildman–Crippen LogP) is 2.68. The summed E-state index contributed by atoms with van der Waals surface area (Å²) in [6.45, 7) is 4.36. The molecular formula is C15H31NO2S. The summed E-state index contributed by atoms with van der Waals surface area (Å²) in [7, 11) is 0. The molecular weight excluding hydrogens is 258 g/mol. The molecule has 1 saturated carbocycles. The van der Waals surface area contributed by atoms with Crippen molar-refractivity contribution in [3.63, 3.8) is 0 Å². The van der Waals surface area contributed by atoms with E-state index in [1.165, 1.54) is 37.9 Å². The highest BCUT2D eigenvalue weighted by atomic mass is 32.2. The van der Waals surface area contributed by atoms with Crippen molar-refractivity contribution in [1.82, 2.24) is 5.32 Å². The van der Waals surface area contributed by atoms with Crippen molar-refractivity contribution in [2.45, 2.75) is 57.7 Å². The zero-order valence-electron chi connectivity index (χ0n) is 12.6. The summed E-state index contributed by atoms with van der Waals surface area (Å²) in [5.41, 5.74) is 0. The van der Waals surface area contributed by atoms with Crippen molar-refractivity contribution in [2.24, 2.45) is 5.92 Å². The maximum Gasteiger partial charge on any atom is 0.0897 e. The van der Waals surface area contributed by atoms with E-state index in [9.17, 15) is 5.11 Å². The van der Waals surface area contributed by atoms with Gasteiger partial charge in [0.05, 0.1) is 18.8 Å². The quantitative estimate of drug-likeness (QED) is 0.607. The average molecular weight is 289 g/mol. The van der Waals surface area contributed by atoms with E-state index in [1.807, 2.05) is 11.8 Å². The van der Waals surface area contributed by atoms with Gasteiger partial charge in [0.15, 0.2) is 0 Å². The van der Waals surface area contributed by atoms with Gasteiger partial charge in [-0.1, -0.05) is 26.2 Å². The Kier molecular flexibility index (Phi) is 9.96. The number of hydrogen-bond acceptors (Lipinski definition) is 4. The Morgan fingerprint density at radius 1 is 1.37 bits per heavy atom. The fraction of sp³-hybridized carbons (Fsp3) is 1.00. The Morgan fingerprint density at radius 2 is 2.16 bits per heavy atom. The number of nitrogens with one attached hydrogen (secondary N) is 1. The van der Waals surface area contributed by atoms with Crippen LogP contribution in [0.25, 0.3) is 0 Å². The lowest BCUT2D eigenvalue weighted by molar-refractivity contribution is -0.0498. The van der Waals surface area contributed by atoms with Crippen LogP contribution in [0.15, 0.2) is 0 Å². The second kappa shape index (κ2) is 11.0. The topological polar surface area (TPSA) is 41.5 Å². The maximum atomic E-state index is 9.90. The lowest BCUT2D eigenvalue weighted by atomic mass is 9.85. The Balaban J connectivity index is 2.06. The molecule has 0 bridgehead atoms. The van der Waals surface area contributed by atoms with Crippen LogP contribution in [0.4, 0.5) is 0 Å². The van der Waals surface area contributed by atoms with Crippen LogP contribution in [0.2, 0.25) is 0 Å². The fourth-order valence-corrected chi connectivity index (χ4v) is 3.20. The van der Waals surface area contributed by atoms with Crippen molar-refractivity contribution in [3.8, 4) is 0 Å². The van der Waals surface area contributed by atoms with E-state index in [0.717, 1.165) is 13.0 Å². The Morgan fingerprint density at radius 3 is 2.89 bits per heavy atom. The first-order valence-electron chi connectivity index (χ1n) is 7.77. The van der Waals surface area contributed by atoms with E-state index in [0.29, 0.717) is 25.2 Å². The minimum absolute atomic E-state index is 0.367. The van der Waals surface area contributed by atoms with Gasteiger partial charge < -0.3 is 15.2 Å². The molecule has 0 radical (unpaired) electrons. The zero-order chi connectivity index (χ0) is 13.9. The molecule has 19 heavy (non-hydrogen) atoms. The molecule has 0 heterocycles. The third kappa shape index (κ3) is 7.54. The molecule has 4 heteroatoms. The Labute approximate surface area is 122 Å². The lowest BCUT2D eigenvalue weighted by Gasteiger charge is -2.31. The second-order valence-corrected chi connectivity index (χ2v) is 6.51. The lowest BCUT2D eigenvalue weighted by Crippen LogP contribution is -2.35. The highest BCUT2D eigenvalue weighted by Gasteiger charge is 2.24. The maximum absolute atomic E-state index is 9.90. The van der Waals surface area contributed by atoms with Crippen molar-refractivity contribution in [3.05, 3.63) is 0 Å². The highest BCUT2D eigenvalue weighted by Crippen LogP contribution is 2.29. The molecule has 0 aromatic carbocycles. The van der Waals surface area contributed by atoms with Crippen molar-refractivity contribution >= 4 is 11.8 Å². The predicted molar refractivity (Wildman–Crippen MR) is 83.9 cm³/mol. The molecule has 2 N–H and O–H groups in total. The normalized spacial score (nSPS) is 25.4. The SMILES string of the molecule is CCC1CCCCC1OCC(O)CNCCCSC. The summed E-state index contributed by atoms with van der Waals surface area (Å²) in [5.74, 6) is 1.88. The van der Waals surface area contributed by atoms with Crippen LogP contribution >= 0.6 is 11.8 Å². The van der Waals surface area contributed by atoms with Gasteiger partial charge in [0, 0.05) is 6.54 Å². The van der Waals surface area contributed by atoms with Crippen LogP contribution < -0.4 is 5.32 Å². The first-order valence-corrected chi connectivity index (χ1v) is 9.16. The van der Waals surface area contributed by atoms with Crippen LogP contribution in [0.1, 0.15) is 45.4 Å². The molecule has 0 amide bonds.